The van der Waals surface area contributed by atoms with E-state index in [9.17, 15) is 0 Å². The highest BCUT2D eigenvalue weighted by Crippen LogP contribution is 2.57. The van der Waals surface area contributed by atoms with E-state index in [4.69, 9.17) is 0 Å². The predicted molar refractivity (Wildman–Crippen MR) is 94.0 cm³/mol. The summed E-state index contributed by atoms with van der Waals surface area (Å²) >= 11 is 0. The molecule has 0 amide bonds. The van der Waals surface area contributed by atoms with E-state index in [0.717, 1.165) is 28.8 Å². The molecule has 1 heteroatoms. The summed E-state index contributed by atoms with van der Waals surface area (Å²) in [5, 5.41) is 0. The first-order valence-corrected chi connectivity index (χ1v) is 12.0. The van der Waals surface area contributed by atoms with Gasteiger partial charge in [-0.15, -0.1) is 0 Å². The highest BCUT2D eigenvalue weighted by molar-refractivity contribution is 6.80. The number of hydrogen-bond acceptors (Lipinski definition) is 0. The molecular weight excluding hydrogens is 268 g/mol. The van der Waals surface area contributed by atoms with Crippen LogP contribution < -0.4 is 0 Å². The molecule has 0 aromatic rings. The third-order valence-electron chi connectivity index (χ3n) is 6.98. The summed E-state index contributed by atoms with van der Waals surface area (Å²) in [7, 11) is -1.24. The number of rotatable bonds is 2. The van der Waals surface area contributed by atoms with Crippen molar-refractivity contribution in [3.8, 4) is 0 Å². The van der Waals surface area contributed by atoms with E-state index in [-0.39, 0.29) is 0 Å². The first kappa shape index (κ1) is 13.8. The van der Waals surface area contributed by atoms with Crippen molar-refractivity contribution in [3.05, 3.63) is 48.1 Å². The van der Waals surface area contributed by atoms with Gasteiger partial charge in [-0.25, -0.2) is 0 Å². The number of hydrogen-bond donors (Lipinski definition) is 0. The van der Waals surface area contributed by atoms with Crippen LogP contribution in [-0.4, -0.2) is 8.07 Å². The Morgan fingerprint density at radius 2 is 1.90 bits per heavy atom. The third kappa shape index (κ3) is 2.16. The van der Waals surface area contributed by atoms with Gasteiger partial charge in [0.1, 0.15) is 0 Å². The van der Waals surface area contributed by atoms with Crippen molar-refractivity contribution in [2.24, 2.45) is 17.8 Å². The lowest BCUT2D eigenvalue weighted by Gasteiger charge is -2.42. The second-order valence-corrected chi connectivity index (χ2v) is 13.3. The smallest absolute Gasteiger partial charge is 0.0554 e. The van der Waals surface area contributed by atoms with E-state index in [1.807, 2.05) is 0 Å². The van der Waals surface area contributed by atoms with Crippen LogP contribution in [0.1, 0.15) is 32.1 Å². The molecule has 0 spiro atoms. The quantitative estimate of drug-likeness (QED) is 0.440. The van der Waals surface area contributed by atoms with Crippen LogP contribution in [0, 0.1) is 17.8 Å². The summed E-state index contributed by atoms with van der Waals surface area (Å²) in [5.41, 5.74) is 3.57. The maximum absolute atomic E-state index is 2.70. The lowest BCUT2D eigenvalue weighted by molar-refractivity contribution is 0.407. The lowest BCUT2D eigenvalue weighted by Crippen LogP contribution is -2.42. The molecule has 0 bridgehead atoms. The molecule has 0 aliphatic heterocycles. The Balaban J connectivity index is 1.59. The van der Waals surface area contributed by atoms with Gasteiger partial charge in [-0.2, -0.15) is 0 Å². The van der Waals surface area contributed by atoms with Crippen LogP contribution in [0.3, 0.4) is 0 Å². The van der Waals surface area contributed by atoms with Crippen LogP contribution in [0.4, 0.5) is 0 Å². The summed E-state index contributed by atoms with van der Waals surface area (Å²) < 4.78 is 0. The van der Waals surface area contributed by atoms with Gasteiger partial charge in [-0.1, -0.05) is 62.0 Å². The summed E-state index contributed by atoms with van der Waals surface area (Å²) in [6.07, 6.45) is 24.1. The fourth-order valence-corrected chi connectivity index (χ4v) is 10.6. The van der Waals surface area contributed by atoms with Crippen LogP contribution in [0.5, 0.6) is 0 Å². The van der Waals surface area contributed by atoms with Gasteiger partial charge >= 0.3 is 0 Å². The molecule has 5 atom stereocenters. The van der Waals surface area contributed by atoms with Gasteiger partial charge < -0.3 is 0 Å². The zero-order chi connectivity index (χ0) is 14.4. The molecule has 0 saturated heterocycles. The van der Waals surface area contributed by atoms with Crippen LogP contribution in [0.15, 0.2) is 48.1 Å². The predicted octanol–water partition coefficient (Wildman–Crippen LogP) is 5.88. The Morgan fingerprint density at radius 3 is 2.81 bits per heavy atom. The SMILES string of the molecule is C[Si](C)(C1CC=C2C=CC=CC21)C1CC[C@H]2CCC=CC12. The Kier molecular flexibility index (Phi) is 3.37. The molecule has 21 heavy (non-hydrogen) atoms. The van der Waals surface area contributed by atoms with Crippen molar-refractivity contribution in [2.75, 3.05) is 0 Å². The zero-order valence-electron chi connectivity index (χ0n) is 13.5. The summed E-state index contributed by atoms with van der Waals surface area (Å²) in [6, 6.07) is 0. The fraction of sp³-hybridized carbons (Fsp3) is 0.600. The molecule has 4 rings (SSSR count). The summed E-state index contributed by atoms with van der Waals surface area (Å²) in [4.78, 5) is 0. The minimum absolute atomic E-state index is 0.739. The first-order chi connectivity index (χ1) is 10.2. The van der Waals surface area contributed by atoms with Crippen LogP contribution in [0.25, 0.3) is 0 Å². The maximum Gasteiger partial charge on any atom is 0.0554 e. The molecule has 0 radical (unpaired) electrons. The van der Waals surface area contributed by atoms with E-state index in [2.05, 4.69) is 55.6 Å². The van der Waals surface area contributed by atoms with Crippen LogP contribution in [-0.2, 0) is 0 Å². The Labute approximate surface area is 130 Å². The lowest BCUT2D eigenvalue weighted by atomic mass is 9.87. The first-order valence-electron chi connectivity index (χ1n) is 8.89. The minimum atomic E-state index is -1.24. The molecule has 1 fully saturated rings. The van der Waals surface area contributed by atoms with Crippen molar-refractivity contribution in [2.45, 2.75) is 56.3 Å². The molecule has 4 aliphatic rings. The monoisotopic (exact) mass is 296 g/mol. The molecule has 0 nitrogen and oxygen atoms in total. The molecular formula is C20H28Si. The van der Waals surface area contributed by atoms with Crippen LogP contribution >= 0.6 is 0 Å². The molecule has 4 aliphatic carbocycles. The second kappa shape index (κ2) is 5.12. The van der Waals surface area contributed by atoms with Crippen molar-refractivity contribution in [3.63, 3.8) is 0 Å². The van der Waals surface area contributed by atoms with E-state index >= 15 is 0 Å². The van der Waals surface area contributed by atoms with Crippen LogP contribution in [0.2, 0.25) is 24.2 Å². The average Bonchev–Trinajstić information content (AvgIpc) is 3.12. The molecule has 0 aromatic carbocycles. The highest BCUT2D eigenvalue weighted by atomic mass is 28.3. The molecule has 112 valence electrons. The van der Waals surface area contributed by atoms with Crippen molar-refractivity contribution < 1.29 is 0 Å². The Hall–Kier alpha value is -0.823. The highest BCUT2D eigenvalue weighted by Gasteiger charge is 2.50. The van der Waals surface area contributed by atoms with E-state index in [1.165, 1.54) is 32.1 Å². The summed E-state index contributed by atoms with van der Waals surface area (Å²) in [5.74, 6) is 2.68. The van der Waals surface area contributed by atoms with E-state index in [0.29, 0.717) is 0 Å². The molecule has 1 saturated carbocycles. The second-order valence-electron chi connectivity index (χ2n) is 8.16. The van der Waals surface area contributed by atoms with Crippen molar-refractivity contribution in [1.29, 1.82) is 0 Å². The number of allylic oxidation sites excluding steroid dienone is 8. The Bertz CT molecular complexity index is 530. The molecule has 0 N–H and O–H groups in total. The molecule has 4 unspecified atom stereocenters. The normalized spacial score (nSPS) is 41.0. The van der Waals surface area contributed by atoms with Gasteiger partial charge in [0, 0.05) is 5.92 Å². The molecule has 0 aromatic heterocycles. The van der Waals surface area contributed by atoms with Gasteiger partial charge in [0.25, 0.3) is 0 Å². The van der Waals surface area contributed by atoms with Gasteiger partial charge in [-0.3, -0.25) is 0 Å². The van der Waals surface area contributed by atoms with Gasteiger partial charge in [0.2, 0.25) is 0 Å². The van der Waals surface area contributed by atoms with E-state index in [1.54, 1.807) is 5.57 Å². The topological polar surface area (TPSA) is 0 Å². The van der Waals surface area contributed by atoms with Crippen molar-refractivity contribution >= 4 is 8.07 Å². The zero-order valence-corrected chi connectivity index (χ0v) is 14.5. The van der Waals surface area contributed by atoms with Crippen molar-refractivity contribution in [1.82, 2.24) is 0 Å². The van der Waals surface area contributed by atoms with E-state index < -0.39 is 8.07 Å². The Morgan fingerprint density at radius 1 is 1.00 bits per heavy atom. The fourth-order valence-electron chi connectivity index (χ4n) is 5.76. The minimum Gasteiger partial charge on any atom is -0.0882 e. The largest absolute Gasteiger partial charge is 0.0882 e. The van der Waals surface area contributed by atoms with Gasteiger partial charge in [0.05, 0.1) is 8.07 Å². The average molecular weight is 297 g/mol. The number of fused-ring (bicyclic) bond motifs is 2. The van der Waals surface area contributed by atoms with Gasteiger partial charge in [-0.05, 0) is 54.2 Å². The maximum atomic E-state index is 2.70. The third-order valence-corrected chi connectivity index (χ3v) is 12.1. The standard InChI is InChI=1S/C20H28Si/c1-21(2,19-13-11-15-7-3-5-9-17(15)19)20-14-12-16-8-4-6-10-18(16)20/h3,5-7,9-11,16-20H,4,8,12-14H2,1-2H3/t16-,17?,18?,19?,20?/m1/s1. The van der Waals surface area contributed by atoms with Gasteiger partial charge in [0.15, 0.2) is 0 Å². The summed E-state index contributed by atoms with van der Waals surface area (Å²) in [6.45, 7) is 5.41. The molecule has 0 heterocycles.